The number of rotatable bonds is 1. The van der Waals surface area contributed by atoms with Crippen molar-refractivity contribution in [2.24, 2.45) is 4.99 Å². The number of hydrogen-bond acceptors (Lipinski definition) is 2. The van der Waals surface area contributed by atoms with E-state index in [1.165, 1.54) is 0 Å². The Morgan fingerprint density at radius 2 is 1.76 bits per heavy atom. The maximum Gasteiger partial charge on any atom is 0.102 e. The lowest BCUT2D eigenvalue weighted by atomic mass is 10.0. The molecule has 0 amide bonds. The average molecular weight is 356 g/mol. The molecule has 0 spiro atoms. The van der Waals surface area contributed by atoms with Crippen LogP contribution in [0.15, 0.2) is 41.4 Å². The van der Waals surface area contributed by atoms with Crippen molar-refractivity contribution in [2.75, 3.05) is 11.9 Å². The molecular formula is C15H9Cl3N2S. The smallest absolute Gasteiger partial charge is 0.102 e. The fourth-order valence-corrected chi connectivity index (χ4v) is 3.12. The van der Waals surface area contributed by atoms with Gasteiger partial charge < -0.3 is 5.32 Å². The Kier molecular flexibility index (Phi) is 4.18. The van der Waals surface area contributed by atoms with E-state index in [4.69, 9.17) is 47.0 Å². The van der Waals surface area contributed by atoms with E-state index in [2.05, 4.69) is 10.3 Å². The maximum atomic E-state index is 6.29. The van der Waals surface area contributed by atoms with Crippen molar-refractivity contribution in [3.05, 3.63) is 62.6 Å². The molecule has 1 heterocycles. The number of nitrogens with one attached hydrogen (secondary N) is 1. The van der Waals surface area contributed by atoms with Crippen LogP contribution in [0.5, 0.6) is 0 Å². The third-order valence-corrected chi connectivity index (χ3v) is 4.16. The number of halogens is 3. The van der Waals surface area contributed by atoms with Crippen LogP contribution in [-0.4, -0.2) is 17.2 Å². The highest BCUT2D eigenvalue weighted by atomic mass is 35.5. The minimum Gasteiger partial charge on any atom is -0.347 e. The number of aliphatic imine (C=N–C) groups is 1. The molecule has 106 valence electrons. The van der Waals surface area contributed by atoms with Crippen molar-refractivity contribution in [3.63, 3.8) is 0 Å². The van der Waals surface area contributed by atoms with Crippen molar-refractivity contribution in [3.8, 4) is 0 Å². The molecule has 2 aromatic rings. The lowest BCUT2D eigenvalue weighted by Gasteiger charge is -2.13. The van der Waals surface area contributed by atoms with E-state index in [1.807, 2.05) is 30.3 Å². The normalized spacial score (nSPS) is 14.0. The summed E-state index contributed by atoms with van der Waals surface area (Å²) in [6, 6.07) is 11.0. The molecule has 0 aromatic heterocycles. The molecule has 0 saturated carbocycles. The van der Waals surface area contributed by atoms with Crippen molar-refractivity contribution in [1.82, 2.24) is 0 Å². The van der Waals surface area contributed by atoms with Gasteiger partial charge in [-0.3, -0.25) is 4.99 Å². The molecule has 3 rings (SSSR count). The Bertz CT molecular complexity index is 772. The molecule has 0 unspecified atom stereocenters. The van der Waals surface area contributed by atoms with Gasteiger partial charge in [0.2, 0.25) is 0 Å². The minimum absolute atomic E-state index is 0.374. The standard InChI is InChI=1S/C15H9Cl3N2S/c16-8-5-10-14(9-3-1-2-4-11(9)17)19-7-13(21)20-15(10)12(18)6-8/h1-6H,7H2,(H,20,21). The summed E-state index contributed by atoms with van der Waals surface area (Å²) in [5.41, 5.74) is 3.06. The van der Waals surface area contributed by atoms with Crippen LogP contribution in [0.1, 0.15) is 11.1 Å². The highest BCUT2D eigenvalue weighted by Crippen LogP contribution is 2.34. The quantitative estimate of drug-likeness (QED) is 0.708. The number of fused-ring (bicyclic) bond motifs is 1. The molecule has 0 radical (unpaired) electrons. The molecule has 1 aliphatic heterocycles. The molecule has 0 fully saturated rings. The number of benzene rings is 2. The summed E-state index contributed by atoms with van der Waals surface area (Å²) in [5.74, 6) is 0. The SMILES string of the molecule is S=C1CN=C(c2ccccc2Cl)c2cc(Cl)cc(Cl)c2N1. The molecule has 1 aliphatic rings. The van der Waals surface area contributed by atoms with Gasteiger partial charge in [-0.05, 0) is 18.2 Å². The van der Waals surface area contributed by atoms with E-state index < -0.39 is 0 Å². The van der Waals surface area contributed by atoms with Crippen LogP contribution in [0.4, 0.5) is 5.69 Å². The molecule has 0 atom stereocenters. The van der Waals surface area contributed by atoms with E-state index >= 15 is 0 Å². The van der Waals surface area contributed by atoms with Gasteiger partial charge in [0.1, 0.15) is 4.99 Å². The van der Waals surface area contributed by atoms with E-state index in [1.54, 1.807) is 6.07 Å². The molecule has 1 N–H and O–H groups in total. The van der Waals surface area contributed by atoms with Crippen LogP contribution in [0.25, 0.3) is 0 Å². The topological polar surface area (TPSA) is 24.4 Å². The van der Waals surface area contributed by atoms with Gasteiger partial charge in [-0.25, -0.2) is 0 Å². The zero-order valence-electron chi connectivity index (χ0n) is 10.7. The van der Waals surface area contributed by atoms with Crippen molar-refractivity contribution >= 4 is 63.4 Å². The summed E-state index contributed by atoms with van der Waals surface area (Å²) in [5, 5.41) is 4.77. The Morgan fingerprint density at radius 3 is 2.52 bits per heavy atom. The Labute approximate surface area is 142 Å². The van der Waals surface area contributed by atoms with Gasteiger partial charge in [0.15, 0.2) is 0 Å². The predicted octanol–water partition coefficient (Wildman–Crippen LogP) is 5.24. The van der Waals surface area contributed by atoms with Crippen molar-refractivity contribution < 1.29 is 0 Å². The van der Waals surface area contributed by atoms with Gasteiger partial charge in [-0.15, -0.1) is 0 Å². The minimum atomic E-state index is 0.374. The molecule has 6 heteroatoms. The lowest BCUT2D eigenvalue weighted by Crippen LogP contribution is -2.11. The Balaban J connectivity index is 2.28. The van der Waals surface area contributed by atoms with Gasteiger partial charge in [0.05, 0.1) is 23.0 Å². The fourth-order valence-electron chi connectivity index (χ4n) is 2.19. The van der Waals surface area contributed by atoms with Crippen LogP contribution >= 0.6 is 47.0 Å². The zero-order valence-corrected chi connectivity index (χ0v) is 13.7. The largest absolute Gasteiger partial charge is 0.347 e. The maximum absolute atomic E-state index is 6.29. The van der Waals surface area contributed by atoms with Crippen LogP contribution in [0.2, 0.25) is 15.1 Å². The molecular weight excluding hydrogens is 347 g/mol. The zero-order chi connectivity index (χ0) is 15.0. The molecule has 0 aliphatic carbocycles. The van der Waals surface area contributed by atoms with Gasteiger partial charge >= 0.3 is 0 Å². The third-order valence-electron chi connectivity index (χ3n) is 3.08. The first kappa shape index (κ1) is 14.8. The number of anilines is 1. The van der Waals surface area contributed by atoms with Gasteiger partial charge in [0.25, 0.3) is 0 Å². The number of benzodiazepines with no additional fused rings is 1. The number of thiocarbonyl (C=S) groups is 1. The summed E-state index contributed by atoms with van der Waals surface area (Å²) in [7, 11) is 0. The molecule has 2 aromatic carbocycles. The second kappa shape index (κ2) is 5.93. The fraction of sp³-hybridized carbons (Fsp3) is 0.0667. The second-order valence-electron chi connectivity index (χ2n) is 4.50. The average Bonchev–Trinajstić information content (AvgIpc) is 2.59. The van der Waals surface area contributed by atoms with Gasteiger partial charge in [-0.1, -0.05) is 65.2 Å². The summed E-state index contributed by atoms with van der Waals surface area (Å²) < 4.78 is 0. The first-order valence-electron chi connectivity index (χ1n) is 6.15. The van der Waals surface area contributed by atoms with Gasteiger partial charge in [0, 0.05) is 21.2 Å². The third kappa shape index (κ3) is 2.92. The van der Waals surface area contributed by atoms with E-state index in [9.17, 15) is 0 Å². The molecule has 0 saturated heterocycles. The first-order valence-corrected chi connectivity index (χ1v) is 7.69. The second-order valence-corrected chi connectivity index (χ2v) is 6.25. The van der Waals surface area contributed by atoms with E-state index in [0.717, 1.165) is 16.8 Å². The summed E-state index contributed by atoms with van der Waals surface area (Å²) in [6.07, 6.45) is 0. The van der Waals surface area contributed by atoms with Crippen molar-refractivity contribution in [1.29, 1.82) is 0 Å². The Morgan fingerprint density at radius 1 is 1.00 bits per heavy atom. The summed E-state index contributed by atoms with van der Waals surface area (Å²) in [4.78, 5) is 5.17. The van der Waals surface area contributed by atoms with Crippen LogP contribution in [0, 0.1) is 0 Å². The summed E-state index contributed by atoms with van der Waals surface area (Å²) in [6.45, 7) is 0.374. The monoisotopic (exact) mass is 354 g/mol. The number of nitrogens with zero attached hydrogens (tertiary/aromatic N) is 1. The lowest BCUT2D eigenvalue weighted by molar-refractivity contribution is 1.31. The highest BCUT2D eigenvalue weighted by molar-refractivity contribution is 7.80. The molecule has 0 bridgehead atoms. The predicted molar refractivity (Wildman–Crippen MR) is 94.6 cm³/mol. The van der Waals surface area contributed by atoms with Crippen LogP contribution in [0.3, 0.4) is 0 Å². The van der Waals surface area contributed by atoms with Crippen molar-refractivity contribution in [2.45, 2.75) is 0 Å². The first-order chi connectivity index (χ1) is 10.1. The van der Waals surface area contributed by atoms with Crippen LogP contribution < -0.4 is 5.32 Å². The van der Waals surface area contributed by atoms with E-state index in [-0.39, 0.29) is 0 Å². The number of hydrogen-bond donors (Lipinski definition) is 1. The van der Waals surface area contributed by atoms with Gasteiger partial charge in [-0.2, -0.15) is 0 Å². The van der Waals surface area contributed by atoms with E-state index in [0.29, 0.717) is 32.3 Å². The highest BCUT2D eigenvalue weighted by Gasteiger charge is 2.21. The molecule has 21 heavy (non-hydrogen) atoms. The van der Waals surface area contributed by atoms with Crippen LogP contribution in [-0.2, 0) is 0 Å². The molecule has 2 nitrogen and oxygen atoms in total. The summed E-state index contributed by atoms with van der Waals surface area (Å²) >= 11 is 24.0. The Hall–Kier alpha value is -1.13.